The molecule has 0 radical (unpaired) electrons. The zero-order chi connectivity index (χ0) is 15.3. The third kappa shape index (κ3) is 4.61. The Hall–Kier alpha value is -1.79. The van der Waals surface area contributed by atoms with E-state index in [1.54, 1.807) is 31.2 Å². The number of rotatable bonds is 6. The molecule has 6 nitrogen and oxygen atoms in total. The molecule has 1 fully saturated rings. The largest absolute Gasteiger partial charge is 0.490 e. The minimum Gasteiger partial charge on any atom is -0.490 e. The molecule has 1 saturated heterocycles. The van der Waals surface area contributed by atoms with E-state index in [9.17, 15) is 9.90 Å². The number of benzene rings is 1. The first-order valence-corrected chi connectivity index (χ1v) is 6.97. The number of nitrogens with two attached hydrogens (primary N) is 1. The molecule has 116 valence electrons. The molecule has 1 aliphatic heterocycles. The average Bonchev–Trinajstić information content (AvgIpc) is 2.46. The van der Waals surface area contributed by atoms with Crippen molar-refractivity contribution in [1.82, 2.24) is 0 Å². The lowest BCUT2D eigenvalue weighted by Gasteiger charge is -2.31. The molecule has 1 heterocycles. The molecule has 0 spiro atoms. The lowest BCUT2D eigenvalue weighted by Crippen LogP contribution is -2.41. The average molecular weight is 295 g/mol. The summed E-state index contributed by atoms with van der Waals surface area (Å²) in [5, 5.41) is 10.3. The third-order valence-corrected chi connectivity index (χ3v) is 3.45. The minimum absolute atomic E-state index is 0.200. The van der Waals surface area contributed by atoms with Crippen LogP contribution in [0.25, 0.3) is 0 Å². The summed E-state index contributed by atoms with van der Waals surface area (Å²) in [4.78, 5) is 11.0. The van der Waals surface area contributed by atoms with Crippen LogP contribution in [0, 0.1) is 0 Å². The molecule has 0 saturated carbocycles. The van der Waals surface area contributed by atoms with Crippen LogP contribution >= 0.6 is 0 Å². The molecule has 1 amide bonds. The van der Waals surface area contributed by atoms with Gasteiger partial charge in [0.2, 0.25) is 0 Å². The number of carbonyl (C=O) groups excluding carboxylic acids is 1. The number of carbonyl (C=O) groups is 1. The SMILES string of the molecule is CC(Oc1cccc(OCC2(O)CCOCC2)c1)C(N)=O. The summed E-state index contributed by atoms with van der Waals surface area (Å²) in [7, 11) is 0. The normalized spacial score (nSPS) is 18.8. The Balaban J connectivity index is 1.93. The number of hydrogen-bond acceptors (Lipinski definition) is 5. The second kappa shape index (κ2) is 6.78. The van der Waals surface area contributed by atoms with Crippen LogP contribution in [-0.4, -0.2) is 42.5 Å². The maximum Gasteiger partial charge on any atom is 0.258 e. The summed E-state index contributed by atoms with van der Waals surface area (Å²) < 4.78 is 16.2. The van der Waals surface area contributed by atoms with Crippen molar-refractivity contribution in [3.63, 3.8) is 0 Å². The first kappa shape index (κ1) is 15.6. The van der Waals surface area contributed by atoms with Gasteiger partial charge >= 0.3 is 0 Å². The van der Waals surface area contributed by atoms with Crippen molar-refractivity contribution in [1.29, 1.82) is 0 Å². The van der Waals surface area contributed by atoms with Crippen molar-refractivity contribution in [2.24, 2.45) is 5.73 Å². The summed E-state index contributed by atoms with van der Waals surface area (Å²) in [6.45, 7) is 2.87. The highest BCUT2D eigenvalue weighted by atomic mass is 16.5. The zero-order valence-corrected chi connectivity index (χ0v) is 12.1. The number of hydrogen-bond donors (Lipinski definition) is 2. The Kier molecular flexibility index (Phi) is 5.03. The van der Waals surface area contributed by atoms with Crippen LogP contribution in [0.15, 0.2) is 24.3 Å². The van der Waals surface area contributed by atoms with Gasteiger partial charge in [0.05, 0.1) is 0 Å². The molecular formula is C15H21NO5. The van der Waals surface area contributed by atoms with Gasteiger partial charge in [-0.15, -0.1) is 0 Å². The topological polar surface area (TPSA) is 91.0 Å². The Morgan fingerprint density at radius 3 is 2.76 bits per heavy atom. The Labute approximate surface area is 123 Å². The van der Waals surface area contributed by atoms with E-state index in [0.29, 0.717) is 37.6 Å². The van der Waals surface area contributed by atoms with Gasteiger partial charge in [0.15, 0.2) is 6.10 Å². The van der Waals surface area contributed by atoms with E-state index in [2.05, 4.69) is 0 Å². The van der Waals surface area contributed by atoms with Gasteiger partial charge in [0.25, 0.3) is 5.91 Å². The van der Waals surface area contributed by atoms with E-state index in [-0.39, 0.29) is 6.61 Å². The molecule has 0 aromatic heterocycles. The van der Waals surface area contributed by atoms with Crippen LogP contribution in [-0.2, 0) is 9.53 Å². The number of aliphatic hydroxyl groups is 1. The quantitative estimate of drug-likeness (QED) is 0.812. The van der Waals surface area contributed by atoms with E-state index < -0.39 is 17.6 Å². The molecule has 21 heavy (non-hydrogen) atoms. The predicted molar refractivity (Wildman–Crippen MR) is 76.2 cm³/mol. The lowest BCUT2D eigenvalue weighted by atomic mass is 9.96. The van der Waals surface area contributed by atoms with Crippen molar-refractivity contribution in [3.05, 3.63) is 24.3 Å². The van der Waals surface area contributed by atoms with Crippen molar-refractivity contribution < 1.29 is 24.1 Å². The summed E-state index contributed by atoms with van der Waals surface area (Å²) in [5.74, 6) is 0.541. The van der Waals surface area contributed by atoms with Crippen molar-refractivity contribution in [2.45, 2.75) is 31.5 Å². The predicted octanol–water partition coefficient (Wildman–Crippen LogP) is 0.859. The van der Waals surface area contributed by atoms with Crippen LogP contribution in [0.1, 0.15) is 19.8 Å². The third-order valence-electron chi connectivity index (χ3n) is 3.45. The van der Waals surface area contributed by atoms with Gasteiger partial charge in [0.1, 0.15) is 23.7 Å². The zero-order valence-electron chi connectivity index (χ0n) is 12.1. The number of primary amides is 1. The maximum atomic E-state index is 11.0. The van der Waals surface area contributed by atoms with Crippen LogP contribution in [0.2, 0.25) is 0 Å². The fourth-order valence-electron chi connectivity index (χ4n) is 2.01. The highest BCUT2D eigenvalue weighted by molar-refractivity contribution is 5.78. The van der Waals surface area contributed by atoms with Gasteiger partial charge in [-0.25, -0.2) is 0 Å². The smallest absolute Gasteiger partial charge is 0.258 e. The minimum atomic E-state index is -0.852. The molecule has 1 atom stereocenters. The Bertz CT molecular complexity index is 485. The number of ether oxygens (including phenoxy) is 3. The summed E-state index contributed by atoms with van der Waals surface area (Å²) in [5.41, 5.74) is 4.30. The second-order valence-corrected chi connectivity index (χ2v) is 5.26. The highest BCUT2D eigenvalue weighted by Crippen LogP contribution is 2.24. The van der Waals surface area contributed by atoms with E-state index >= 15 is 0 Å². The van der Waals surface area contributed by atoms with Crippen molar-refractivity contribution in [3.8, 4) is 11.5 Å². The molecule has 1 unspecified atom stereocenters. The lowest BCUT2D eigenvalue weighted by molar-refractivity contribution is -0.123. The first-order valence-electron chi connectivity index (χ1n) is 6.97. The Morgan fingerprint density at radius 2 is 2.10 bits per heavy atom. The molecule has 6 heteroatoms. The van der Waals surface area contributed by atoms with Crippen LogP contribution in [0.4, 0.5) is 0 Å². The standard InChI is InChI=1S/C15H21NO5/c1-11(14(16)17)21-13-4-2-3-12(9-13)20-10-15(18)5-7-19-8-6-15/h2-4,9,11,18H,5-8,10H2,1H3,(H2,16,17). The molecule has 0 aliphatic carbocycles. The van der Waals surface area contributed by atoms with Crippen LogP contribution in [0.3, 0.4) is 0 Å². The number of amides is 1. The van der Waals surface area contributed by atoms with Gasteiger partial charge in [0, 0.05) is 32.1 Å². The van der Waals surface area contributed by atoms with E-state index in [1.807, 2.05) is 0 Å². The molecular weight excluding hydrogens is 274 g/mol. The molecule has 2 rings (SSSR count). The van der Waals surface area contributed by atoms with Gasteiger partial charge in [-0.05, 0) is 19.1 Å². The summed E-state index contributed by atoms with van der Waals surface area (Å²) in [6, 6.07) is 6.91. The summed E-state index contributed by atoms with van der Waals surface area (Å²) >= 11 is 0. The fourth-order valence-corrected chi connectivity index (χ4v) is 2.01. The molecule has 0 bridgehead atoms. The highest BCUT2D eigenvalue weighted by Gasteiger charge is 2.30. The molecule has 1 aliphatic rings. The molecule has 1 aromatic rings. The summed E-state index contributed by atoms with van der Waals surface area (Å²) in [6.07, 6.45) is 0.406. The molecule has 3 N–H and O–H groups in total. The van der Waals surface area contributed by atoms with E-state index in [0.717, 1.165) is 0 Å². The fraction of sp³-hybridized carbons (Fsp3) is 0.533. The van der Waals surface area contributed by atoms with Gasteiger partial charge in [-0.3, -0.25) is 4.79 Å². The van der Waals surface area contributed by atoms with Gasteiger partial charge < -0.3 is 25.1 Å². The molecule has 1 aromatic carbocycles. The van der Waals surface area contributed by atoms with Crippen molar-refractivity contribution >= 4 is 5.91 Å². The van der Waals surface area contributed by atoms with Gasteiger partial charge in [-0.1, -0.05) is 6.07 Å². The van der Waals surface area contributed by atoms with E-state index in [1.165, 1.54) is 0 Å². The second-order valence-electron chi connectivity index (χ2n) is 5.26. The first-order chi connectivity index (χ1) is 9.98. The van der Waals surface area contributed by atoms with E-state index in [4.69, 9.17) is 19.9 Å². The van der Waals surface area contributed by atoms with Crippen LogP contribution < -0.4 is 15.2 Å². The van der Waals surface area contributed by atoms with Gasteiger partial charge in [-0.2, -0.15) is 0 Å². The van der Waals surface area contributed by atoms with Crippen LogP contribution in [0.5, 0.6) is 11.5 Å². The Morgan fingerprint density at radius 1 is 1.43 bits per heavy atom. The maximum absolute atomic E-state index is 11.0. The monoisotopic (exact) mass is 295 g/mol. The van der Waals surface area contributed by atoms with Crippen molar-refractivity contribution in [2.75, 3.05) is 19.8 Å².